The Morgan fingerprint density at radius 3 is 2.40 bits per heavy atom. The number of aromatic amines is 1. The van der Waals surface area contributed by atoms with Gasteiger partial charge in [-0.25, -0.2) is 13.2 Å². The van der Waals surface area contributed by atoms with Gasteiger partial charge in [0.2, 0.25) is 10.0 Å². The van der Waals surface area contributed by atoms with Crippen molar-refractivity contribution in [2.75, 3.05) is 0 Å². The molecule has 8 heteroatoms. The van der Waals surface area contributed by atoms with E-state index in [0.717, 1.165) is 18.9 Å². The first-order valence-corrected chi connectivity index (χ1v) is 7.97. The zero-order valence-electron chi connectivity index (χ0n) is 10.7. The lowest BCUT2D eigenvalue weighted by Gasteiger charge is -2.35. The molecule has 3 rings (SSSR count). The number of carbonyl (C=O) groups is 1. The Labute approximate surface area is 116 Å². The number of aliphatic hydroxyl groups is 1. The number of hydrogen-bond donors (Lipinski definition) is 3. The first-order valence-electron chi connectivity index (χ1n) is 6.53. The number of nitrogens with one attached hydrogen (secondary N) is 1. The number of H-pyrrole nitrogens is 1. The van der Waals surface area contributed by atoms with E-state index < -0.39 is 22.1 Å². The Morgan fingerprint density at radius 2 is 1.90 bits per heavy atom. The Kier molecular flexibility index (Phi) is 3.11. The zero-order chi connectivity index (χ0) is 14.5. The molecule has 2 atom stereocenters. The normalized spacial score (nSPS) is 30.6. The maximum atomic E-state index is 12.6. The van der Waals surface area contributed by atoms with Gasteiger partial charge in [0.1, 0.15) is 10.6 Å². The van der Waals surface area contributed by atoms with Crippen molar-refractivity contribution in [3.05, 3.63) is 18.0 Å². The van der Waals surface area contributed by atoms with E-state index in [1.807, 2.05) is 0 Å². The van der Waals surface area contributed by atoms with Crippen LogP contribution in [0.3, 0.4) is 0 Å². The van der Waals surface area contributed by atoms with Crippen molar-refractivity contribution in [2.45, 2.75) is 48.8 Å². The fourth-order valence-corrected chi connectivity index (χ4v) is 5.15. The standard InChI is InChI=1S/C12H16N2O5S/c15-9-3-7-1-2-8(4-9)14(7)20(18,19)10-5-11(12(16)17)13-6-10/h5-9,13,15H,1-4H2,(H,16,17). The predicted molar refractivity (Wildman–Crippen MR) is 68.8 cm³/mol. The van der Waals surface area contributed by atoms with E-state index in [-0.39, 0.29) is 22.7 Å². The molecule has 7 nitrogen and oxygen atoms in total. The number of hydrogen-bond acceptors (Lipinski definition) is 4. The van der Waals surface area contributed by atoms with Crippen LogP contribution in [0.1, 0.15) is 36.2 Å². The topological polar surface area (TPSA) is 111 Å². The molecule has 2 aliphatic rings. The summed E-state index contributed by atoms with van der Waals surface area (Å²) >= 11 is 0. The minimum atomic E-state index is -3.71. The molecule has 0 saturated carbocycles. The van der Waals surface area contributed by atoms with Crippen molar-refractivity contribution >= 4 is 16.0 Å². The van der Waals surface area contributed by atoms with Crippen LogP contribution in [-0.2, 0) is 10.0 Å². The predicted octanol–water partition coefficient (Wildman–Crippen LogP) is 0.389. The summed E-state index contributed by atoms with van der Waals surface area (Å²) in [5, 5.41) is 18.6. The summed E-state index contributed by atoms with van der Waals surface area (Å²) < 4.78 is 26.7. The van der Waals surface area contributed by atoms with Crippen LogP contribution in [0, 0.1) is 0 Å². The van der Waals surface area contributed by atoms with E-state index in [9.17, 15) is 18.3 Å². The fourth-order valence-electron chi connectivity index (χ4n) is 3.27. The second-order valence-electron chi connectivity index (χ2n) is 5.40. The van der Waals surface area contributed by atoms with Gasteiger partial charge in [-0.1, -0.05) is 0 Å². The Balaban J connectivity index is 1.94. The third-order valence-electron chi connectivity index (χ3n) is 4.10. The monoisotopic (exact) mass is 300 g/mol. The molecule has 3 N–H and O–H groups in total. The van der Waals surface area contributed by atoms with E-state index in [0.29, 0.717) is 12.8 Å². The lowest BCUT2D eigenvalue weighted by Crippen LogP contribution is -2.47. The molecule has 2 saturated heterocycles. The Bertz CT molecular complexity index is 624. The van der Waals surface area contributed by atoms with Crippen LogP contribution >= 0.6 is 0 Å². The third kappa shape index (κ3) is 2.04. The number of aromatic nitrogens is 1. The first kappa shape index (κ1) is 13.6. The molecule has 0 aromatic carbocycles. The van der Waals surface area contributed by atoms with Gasteiger partial charge in [-0.15, -0.1) is 0 Å². The SMILES string of the molecule is O=C(O)c1cc(S(=O)(=O)N2C3CCC2CC(O)C3)c[nH]1. The van der Waals surface area contributed by atoms with Crippen molar-refractivity contribution in [1.29, 1.82) is 0 Å². The number of carboxylic acid groups (broad SMARTS) is 1. The van der Waals surface area contributed by atoms with E-state index in [2.05, 4.69) is 4.98 Å². The number of rotatable bonds is 3. The van der Waals surface area contributed by atoms with Crippen LogP contribution in [0.25, 0.3) is 0 Å². The number of fused-ring (bicyclic) bond motifs is 2. The highest BCUT2D eigenvalue weighted by molar-refractivity contribution is 7.89. The van der Waals surface area contributed by atoms with Crippen molar-refractivity contribution < 1.29 is 23.4 Å². The quantitative estimate of drug-likeness (QED) is 0.748. The summed E-state index contributed by atoms with van der Waals surface area (Å²) in [6.07, 6.45) is 3.16. The van der Waals surface area contributed by atoms with Crippen molar-refractivity contribution in [3.63, 3.8) is 0 Å². The van der Waals surface area contributed by atoms with Gasteiger partial charge < -0.3 is 15.2 Å². The number of piperidine rings is 1. The maximum absolute atomic E-state index is 12.6. The molecular formula is C12H16N2O5S. The molecular weight excluding hydrogens is 284 g/mol. The summed E-state index contributed by atoms with van der Waals surface area (Å²) in [5.74, 6) is -1.19. The van der Waals surface area contributed by atoms with Gasteiger partial charge in [-0.3, -0.25) is 0 Å². The van der Waals surface area contributed by atoms with E-state index in [1.54, 1.807) is 0 Å². The smallest absolute Gasteiger partial charge is 0.352 e. The largest absolute Gasteiger partial charge is 0.477 e. The summed E-state index contributed by atoms with van der Waals surface area (Å²) in [6, 6.07) is 0.774. The summed E-state index contributed by atoms with van der Waals surface area (Å²) in [4.78, 5) is 13.3. The number of sulfonamides is 1. The zero-order valence-corrected chi connectivity index (χ0v) is 11.5. The maximum Gasteiger partial charge on any atom is 0.352 e. The lowest BCUT2D eigenvalue weighted by atomic mass is 10.0. The molecule has 2 unspecified atom stereocenters. The summed E-state index contributed by atoms with van der Waals surface area (Å²) in [6.45, 7) is 0. The van der Waals surface area contributed by atoms with Crippen LogP contribution in [-0.4, -0.2) is 52.1 Å². The number of aliphatic hydroxyl groups excluding tert-OH is 1. The molecule has 2 fully saturated rings. The molecule has 0 aliphatic carbocycles. The molecule has 3 heterocycles. The summed E-state index contributed by atoms with van der Waals surface area (Å²) in [7, 11) is -3.71. The highest BCUT2D eigenvalue weighted by atomic mass is 32.2. The van der Waals surface area contributed by atoms with Gasteiger partial charge >= 0.3 is 5.97 Å². The average molecular weight is 300 g/mol. The van der Waals surface area contributed by atoms with Gasteiger partial charge in [0, 0.05) is 18.3 Å². The van der Waals surface area contributed by atoms with Gasteiger partial charge in [0.15, 0.2) is 0 Å². The van der Waals surface area contributed by atoms with Gasteiger partial charge in [-0.2, -0.15) is 4.31 Å². The highest BCUT2D eigenvalue weighted by Crippen LogP contribution is 2.39. The first-order chi connectivity index (χ1) is 9.39. The molecule has 0 radical (unpaired) electrons. The van der Waals surface area contributed by atoms with Crippen LogP contribution < -0.4 is 0 Å². The molecule has 2 bridgehead atoms. The van der Waals surface area contributed by atoms with Crippen LogP contribution in [0.15, 0.2) is 17.2 Å². The van der Waals surface area contributed by atoms with E-state index >= 15 is 0 Å². The average Bonchev–Trinajstić information content (AvgIpc) is 2.94. The van der Waals surface area contributed by atoms with Crippen LogP contribution in [0.2, 0.25) is 0 Å². The minimum absolute atomic E-state index is 0.0248. The van der Waals surface area contributed by atoms with Crippen LogP contribution in [0.4, 0.5) is 0 Å². The van der Waals surface area contributed by atoms with Gasteiger partial charge in [0.05, 0.1) is 6.10 Å². The molecule has 0 spiro atoms. The van der Waals surface area contributed by atoms with E-state index in [4.69, 9.17) is 5.11 Å². The minimum Gasteiger partial charge on any atom is -0.477 e. The van der Waals surface area contributed by atoms with Crippen molar-refractivity contribution in [2.24, 2.45) is 0 Å². The number of aromatic carboxylic acids is 1. The Morgan fingerprint density at radius 1 is 1.30 bits per heavy atom. The van der Waals surface area contributed by atoms with E-state index in [1.165, 1.54) is 10.5 Å². The molecule has 1 aromatic rings. The molecule has 0 amide bonds. The molecule has 110 valence electrons. The molecule has 1 aromatic heterocycles. The summed E-state index contributed by atoms with van der Waals surface area (Å²) in [5.41, 5.74) is -0.145. The second-order valence-corrected chi connectivity index (χ2v) is 7.24. The fraction of sp³-hybridized carbons (Fsp3) is 0.583. The number of nitrogens with zero attached hydrogens (tertiary/aromatic N) is 1. The van der Waals surface area contributed by atoms with Crippen molar-refractivity contribution in [1.82, 2.24) is 9.29 Å². The lowest BCUT2D eigenvalue weighted by molar-refractivity contribution is 0.0691. The Hall–Kier alpha value is -1.38. The number of carboxylic acids is 1. The molecule has 2 aliphatic heterocycles. The molecule has 20 heavy (non-hydrogen) atoms. The third-order valence-corrected chi connectivity index (χ3v) is 6.09. The highest BCUT2D eigenvalue weighted by Gasteiger charge is 2.47. The van der Waals surface area contributed by atoms with Crippen molar-refractivity contribution in [3.8, 4) is 0 Å². The van der Waals surface area contributed by atoms with Gasteiger partial charge in [-0.05, 0) is 31.7 Å². The second kappa shape index (κ2) is 4.57. The van der Waals surface area contributed by atoms with Crippen LogP contribution in [0.5, 0.6) is 0 Å². The van der Waals surface area contributed by atoms with Gasteiger partial charge in [0.25, 0.3) is 0 Å².